The van der Waals surface area contributed by atoms with Gasteiger partial charge in [-0.15, -0.1) is 0 Å². The SMILES string of the molecule is CCCS(=O)(=O)N1CCCCC1CCc1nc(C2=CCc3ncc(Cl)cc32)ncc1F. The van der Waals surface area contributed by atoms with Crippen molar-refractivity contribution in [2.75, 3.05) is 12.3 Å². The van der Waals surface area contributed by atoms with E-state index in [2.05, 4.69) is 15.0 Å². The lowest BCUT2D eigenvalue weighted by atomic mass is 9.99. The zero-order valence-corrected chi connectivity index (χ0v) is 19.1. The first kappa shape index (κ1) is 22.3. The number of hydrogen-bond acceptors (Lipinski definition) is 5. The van der Waals surface area contributed by atoms with Crippen LogP contribution >= 0.6 is 11.6 Å². The van der Waals surface area contributed by atoms with Gasteiger partial charge in [0.05, 0.1) is 28.4 Å². The molecule has 1 saturated heterocycles. The van der Waals surface area contributed by atoms with Crippen molar-refractivity contribution in [1.82, 2.24) is 19.3 Å². The second-order valence-corrected chi connectivity index (χ2v) is 10.6. The fourth-order valence-corrected chi connectivity index (χ4v) is 6.38. The van der Waals surface area contributed by atoms with E-state index in [1.54, 1.807) is 10.5 Å². The number of rotatable bonds is 7. The number of halogens is 2. The van der Waals surface area contributed by atoms with Crippen LogP contribution in [0.1, 0.15) is 61.8 Å². The van der Waals surface area contributed by atoms with Crippen LogP contribution in [0.2, 0.25) is 5.02 Å². The lowest BCUT2D eigenvalue weighted by Gasteiger charge is -2.34. The molecular weight excluding hydrogens is 439 g/mol. The Bertz CT molecular complexity index is 1110. The van der Waals surface area contributed by atoms with Gasteiger partial charge in [0.15, 0.2) is 11.6 Å². The van der Waals surface area contributed by atoms with Gasteiger partial charge in [-0.2, -0.15) is 4.31 Å². The molecule has 9 heteroatoms. The summed E-state index contributed by atoms with van der Waals surface area (Å²) in [7, 11) is -3.28. The zero-order valence-electron chi connectivity index (χ0n) is 17.5. The van der Waals surface area contributed by atoms with Gasteiger partial charge in [0, 0.05) is 36.3 Å². The Morgan fingerprint density at radius 1 is 1.26 bits per heavy atom. The molecule has 166 valence electrons. The molecule has 4 rings (SSSR count). The minimum absolute atomic E-state index is 0.113. The third kappa shape index (κ3) is 4.81. The fourth-order valence-electron chi connectivity index (χ4n) is 4.40. The molecule has 3 heterocycles. The third-order valence-corrected chi connectivity index (χ3v) is 8.22. The van der Waals surface area contributed by atoms with E-state index in [-0.39, 0.29) is 11.8 Å². The third-order valence-electron chi connectivity index (χ3n) is 5.89. The Kier molecular flexibility index (Phi) is 6.69. The largest absolute Gasteiger partial charge is 0.259 e. The molecule has 0 amide bonds. The molecule has 2 aromatic heterocycles. The highest BCUT2D eigenvalue weighted by molar-refractivity contribution is 7.89. The van der Waals surface area contributed by atoms with E-state index in [1.165, 1.54) is 6.20 Å². The minimum atomic E-state index is -3.28. The van der Waals surface area contributed by atoms with Gasteiger partial charge in [-0.05, 0) is 38.2 Å². The quantitative estimate of drug-likeness (QED) is 0.614. The molecular formula is C22H26ClFN4O2S. The highest BCUT2D eigenvalue weighted by atomic mass is 35.5. The molecule has 0 aromatic carbocycles. The van der Waals surface area contributed by atoms with Crippen molar-refractivity contribution < 1.29 is 12.8 Å². The molecule has 0 radical (unpaired) electrons. The van der Waals surface area contributed by atoms with Crippen molar-refractivity contribution in [1.29, 1.82) is 0 Å². The topological polar surface area (TPSA) is 76.1 Å². The van der Waals surface area contributed by atoms with Crippen LogP contribution in [0.5, 0.6) is 0 Å². The van der Waals surface area contributed by atoms with Crippen molar-refractivity contribution >= 4 is 27.2 Å². The summed E-state index contributed by atoms with van der Waals surface area (Å²) in [5.74, 6) is 0.128. The molecule has 0 spiro atoms. The second kappa shape index (κ2) is 9.30. The first-order chi connectivity index (χ1) is 14.9. The van der Waals surface area contributed by atoms with Crippen molar-refractivity contribution in [3.8, 4) is 0 Å². The number of nitrogens with zero attached hydrogens (tertiary/aromatic N) is 4. The number of pyridine rings is 1. The van der Waals surface area contributed by atoms with Crippen LogP contribution in [0.25, 0.3) is 5.57 Å². The van der Waals surface area contributed by atoms with Gasteiger partial charge in [-0.25, -0.2) is 22.8 Å². The molecule has 1 atom stereocenters. The molecule has 0 N–H and O–H groups in total. The molecule has 1 fully saturated rings. The fraction of sp³-hybridized carbons (Fsp3) is 0.500. The van der Waals surface area contributed by atoms with Gasteiger partial charge in [-0.3, -0.25) is 4.98 Å². The Labute approximate surface area is 187 Å². The van der Waals surface area contributed by atoms with Crippen molar-refractivity contribution in [2.24, 2.45) is 0 Å². The van der Waals surface area contributed by atoms with Gasteiger partial charge in [-0.1, -0.05) is 31.0 Å². The Balaban J connectivity index is 1.53. The Hall–Kier alpha value is -1.90. The summed E-state index contributed by atoms with van der Waals surface area (Å²) in [4.78, 5) is 13.0. The number of aryl methyl sites for hydroxylation is 1. The van der Waals surface area contributed by atoms with Gasteiger partial charge in [0.25, 0.3) is 0 Å². The lowest BCUT2D eigenvalue weighted by molar-refractivity contribution is 0.240. The van der Waals surface area contributed by atoms with E-state index in [4.69, 9.17) is 11.6 Å². The van der Waals surface area contributed by atoms with E-state index >= 15 is 0 Å². The lowest BCUT2D eigenvalue weighted by Crippen LogP contribution is -2.44. The average Bonchev–Trinajstić information content (AvgIpc) is 3.16. The van der Waals surface area contributed by atoms with E-state index in [9.17, 15) is 12.8 Å². The molecule has 0 saturated carbocycles. The summed E-state index contributed by atoms with van der Waals surface area (Å²) < 4.78 is 41.4. The van der Waals surface area contributed by atoms with Crippen LogP contribution in [-0.2, 0) is 22.9 Å². The summed E-state index contributed by atoms with van der Waals surface area (Å²) in [5, 5.41) is 0.527. The number of allylic oxidation sites excluding steroid dienone is 1. The van der Waals surface area contributed by atoms with Crippen molar-refractivity contribution in [3.63, 3.8) is 0 Å². The predicted octanol–water partition coefficient (Wildman–Crippen LogP) is 4.18. The number of hydrogen-bond donors (Lipinski definition) is 0. The van der Waals surface area contributed by atoms with E-state index < -0.39 is 15.8 Å². The average molecular weight is 465 g/mol. The summed E-state index contributed by atoms with van der Waals surface area (Å²) in [6.07, 6.45) is 9.58. The van der Waals surface area contributed by atoms with Gasteiger partial charge in [0.1, 0.15) is 0 Å². The summed E-state index contributed by atoms with van der Waals surface area (Å²) in [5.41, 5.74) is 2.88. The summed E-state index contributed by atoms with van der Waals surface area (Å²) in [6.45, 7) is 2.41. The minimum Gasteiger partial charge on any atom is -0.259 e. The first-order valence-electron chi connectivity index (χ1n) is 10.8. The zero-order chi connectivity index (χ0) is 22.0. The van der Waals surface area contributed by atoms with E-state index in [1.807, 2.05) is 19.1 Å². The normalized spacial score (nSPS) is 19.3. The highest BCUT2D eigenvalue weighted by Gasteiger charge is 2.31. The molecule has 31 heavy (non-hydrogen) atoms. The van der Waals surface area contributed by atoms with Gasteiger partial charge >= 0.3 is 0 Å². The smallest absolute Gasteiger partial charge is 0.214 e. The monoisotopic (exact) mass is 464 g/mol. The van der Waals surface area contributed by atoms with Crippen LogP contribution in [-0.4, -0.2) is 46.0 Å². The maximum absolute atomic E-state index is 14.5. The van der Waals surface area contributed by atoms with Crippen LogP contribution < -0.4 is 0 Å². The molecule has 2 aliphatic rings. The van der Waals surface area contributed by atoms with Crippen molar-refractivity contribution in [3.05, 3.63) is 58.2 Å². The predicted molar refractivity (Wildman–Crippen MR) is 119 cm³/mol. The van der Waals surface area contributed by atoms with Gasteiger partial charge < -0.3 is 0 Å². The Morgan fingerprint density at radius 3 is 2.90 bits per heavy atom. The molecule has 1 aliphatic carbocycles. The Morgan fingerprint density at radius 2 is 2.10 bits per heavy atom. The number of fused-ring (bicyclic) bond motifs is 1. The van der Waals surface area contributed by atoms with E-state index in [0.717, 1.165) is 36.1 Å². The molecule has 6 nitrogen and oxygen atoms in total. The number of piperidine rings is 1. The van der Waals surface area contributed by atoms with Crippen LogP contribution in [0.15, 0.2) is 24.5 Å². The second-order valence-electron chi connectivity index (χ2n) is 8.07. The molecule has 1 aliphatic heterocycles. The number of sulfonamides is 1. The molecule has 1 unspecified atom stereocenters. The molecule has 0 bridgehead atoms. The summed E-state index contributed by atoms with van der Waals surface area (Å²) in [6, 6.07) is 1.71. The van der Waals surface area contributed by atoms with Crippen LogP contribution in [0.4, 0.5) is 4.39 Å². The standard InChI is InChI=1S/C22H26ClFN4O2S/c1-2-11-31(29,30)28-10-4-3-5-16(28)6-8-21-19(24)14-26-22(27-21)17-7-9-20-18(17)12-15(23)13-25-20/h7,12-14,16H,2-6,8-11H2,1H3. The van der Waals surface area contributed by atoms with Gasteiger partial charge in [0.2, 0.25) is 10.0 Å². The maximum atomic E-state index is 14.5. The van der Waals surface area contributed by atoms with Crippen LogP contribution in [0, 0.1) is 5.82 Å². The van der Waals surface area contributed by atoms with Crippen LogP contribution in [0.3, 0.4) is 0 Å². The number of aromatic nitrogens is 3. The maximum Gasteiger partial charge on any atom is 0.214 e. The van der Waals surface area contributed by atoms with Crippen molar-refractivity contribution in [2.45, 2.75) is 57.9 Å². The highest BCUT2D eigenvalue weighted by Crippen LogP contribution is 2.32. The van der Waals surface area contributed by atoms with E-state index in [0.29, 0.717) is 48.8 Å². The summed E-state index contributed by atoms with van der Waals surface area (Å²) >= 11 is 6.10. The first-order valence-corrected chi connectivity index (χ1v) is 12.7. The molecule has 2 aromatic rings.